The summed E-state index contributed by atoms with van der Waals surface area (Å²) in [5.41, 5.74) is 0. The maximum atomic E-state index is 11.9. The quantitative estimate of drug-likeness (QED) is 0.341. The maximum Gasteiger partial charge on any atom is 0.309 e. The highest BCUT2D eigenvalue weighted by Gasteiger charge is 2.27. The van der Waals surface area contributed by atoms with E-state index >= 15 is 0 Å². The molecule has 0 radical (unpaired) electrons. The fourth-order valence-corrected chi connectivity index (χ4v) is 1.72. The van der Waals surface area contributed by atoms with Gasteiger partial charge in [-0.2, -0.15) is 0 Å². The Balaban J connectivity index is 4.49. The highest BCUT2D eigenvalue weighted by molar-refractivity contribution is 5.70. The Morgan fingerprint density at radius 3 is 1.95 bits per heavy atom. The molecule has 0 saturated carbocycles. The Kier molecular flexibility index (Phi) is 11.8. The highest BCUT2D eigenvalue weighted by Crippen LogP contribution is 2.10. The molecule has 0 aromatic heterocycles. The standard InChI is InChI=1S/C13H24O8/c1-16-6-10(7-17-2)21-13(15)5-11(19-4)12(8-18-3)20-9-14/h9-12H,5-8H2,1-4H3. The minimum Gasteiger partial charge on any atom is -0.459 e. The van der Waals surface area contributed by atoms with Crippen LogP contribution in [0.3, 0.4) is 0 Å². The van der Waals surface area contributed by atoms with E-state index in [1.807, 2.05) is 0 Å². The van der Waals surface area contributed by atoms with E-state index in [2.05, 4.69) is 0 Å². The van der Waals surface area contributed by atoms with Gasteiger partial charge in [0, 0.05) is 28.4 Å². The van der Waals surface area contributed by atoms with E-state index in [0.29, 0.717) is 6.47 Å². The zero-order valence-electron chi connectivity index (χ0n) is 12.9. The van der Waals surface area contributed by atoms with Crippen molar-refractivity contribution < 1.29 is 38.0 Å². The van der Waals surface area contributed by atoms with Crippen LogP contribution in [-0.2, 0) is 38.0 Å². The molecule has 0 aromatic carbocycles. The van der Waals surface area contributed by atoms with Crippen LogP contribution < -0.4 is 0 Å². The van der Waals surface area contributed by atoms with Gasteiger partial charge in [0.05, 0.1) is 26.2 Å². The average molecular weight is 308 g/mol. The number of esters is 1. The van der Waals surface area contributed by atoms with Crippen molar-refractivity contribution in [2.24, 2.45) is 0 Å². The molecule has 0 heterocycles. The van der Waals surface area contributed by atoms with Gasteiger partial charge < -0.3 is 28.4 Å². The molecule has 0 aliphatic rings. The number of ether oxygens (including phenoxy) is 6. The van der Waals surface area contributed by atoms with Crippen molar-refractivity contribution in [1.29, 1.82) is 0 Å². The van der Waals surface area contributed by atoms with Crippen LogP contribution in [0.4, 0.5) is 0 Å². The predicted molar refractivity (Wildman–Crippen MR) is 71.9 cm³/mol. The summed E-state index contributed by atoms with van der Waals surface area (Å²) in [5, 5.41) is 0. The first-order valence-corrected chi connectivity index (χ1v) is 6.41. The summed E-state index contributed by atoms with van der Waals surface area (Å²) in [4.78, 5) is 22.3. The summed E-state index contributed by atoms with van der Waals surface area (Å²) >= 11 is 0. The molecule has 21 heavy (non-hydrogen) atoms. The fourth-order valence-electron chi connectivity index (χ4n) is 1.72. The molecule has 0 aliphatic carbocycles. The van der Waals surface area contributed by atoms with Crippen molar-refractivity contribution >= 4 is 12.4 Å². The highest BCUT2D eigenvalue weighted by atomic mass is 16.6. The molecule has 0 spiro atoms. The van der Waals surface area contributed by atoms with Crippen molar-refractivity contribution in [1.82, 2.24) is 0 Å². The molecular weight excluding hydrogens is 284 g/mol. The number of hydrogen-bond acceptors (Lipinski definition) is 8. The van der Waals surface area contributed by atoms with Crippen LogP contribution in [-0.4, -0.2) is 79.0 Å². The Morgan fingerprint density at radius 1 is 0.952 bits per heavy atom. The molecule has 0 amide bonds. The molecule has 0 rings (SSSR count). The molecule has 0 aliphatic heterocycles. The fraction of sp³-hybridized carbons (Fsp3) is 0.846. The third-order valence-corrected chi connectivity index (χ3v) is 2.65. The van der Waals surface area contributed by atoms with E-state index in [4.69, 9.17) is 28.4 Å². The van der Waals surface area contributed by atoms with Crippen LogP contribution in [0.1, 0.15) is 6.42 Å². The van der Waals surface area contributed by atoms with Crippen LogP contribution in [0.25, 0.3) is 0 Å². The third-order valence-electron chi connectivity index (χ3n) is 2.65. The summed E-state index contributed by atoms with van der Waals surface area (Å²) in [7, 11) is 5.87. The topological polar surface area (TPSA) is 89.5 Å². The molecule has 0 fully saturated rings. The molecule has 8 nitrogen and oxygen atoms in total. The van der Waals surface area contributed by atoms with E-state index < -0.39 is 24.3 Å². The second-order valence-electron chi connectivity index (χ2n) is 4.23. The molecule has 124 valence electrons. The number of rotatable bonds is 13. The molecule has 2 atom stereocenters. The smallest absolute Gasteiger partial charge is 0.309 e. The summed E-state index contributed by atoms with van der Waals surface area (Å²) in [6, 6.07) is 0. The lowest BCUT2D eigenvalue weighted by atomic mass is 10.1. The summed E-state index contributed by atoms with van der Waals surface area (Å²) in [6.07, 6.45) is -1.93. The Labute approximate surface area is 124 Å². The number of carbonyl (C=O) groups is 2. The van der Waals surface area contributed by atoms with Crippen LogP contribution in [0.5, 0.6) is 0 Å². The van der Waals surface area contributed by atoms with E-state index in [1.54, 1.807) is 0 Å². The Bertz CT molecular complexity index is 277. The van der Waals surface area contributed by atoms with Gasteiger partial charge >= 0.3 is 5.97 Å². The predicted octanol–water partition coefficient (Wildman–Crippen LogP) is -0.216. The van der Waals surface area contributed by atoms with Crippen molar-refractivity contribution in [3.63, 3.8) is 0 Å². The molecule has 2 unspecified atom stereocenters. The van der Waals surface area contributed by atoms with Crippen LogP contribution in [0.15, 0.2) is 0 Å². The molecule has 0 N–H and O–H groups in total. The summed E-state index contributed by atoms with van der Waals surface area (Å²) in [6.45, 7) is 0.858. The first kappa shape index (κ1) is 19.8. The Hall–Kier alpha value is -1.22. The largest absolute Gasteiger partial charge is 0.459 e. The second kappa shape index (κ2) is 12.5. The third kappa shape index (κ3) is 8.61. The monoisotopic (exact) mass is 308 g/mol. The van der Waals surface area contributed by atoms with Crippen molar-refractivity contribution in [2.45, 2.75) is 24.7 Å². The van der Waals surface area contributed by atoms with Gasteiger partial charge in [0.25, 0.3) is 6.47 Å². The van der Waals surface area contributed by atoms with Crippen molar-refractivity contribution in [3.8, 4) is 0 Å². The summed E-state index contributed by atoms with van der Waals surface area (Å²) < 4.78 is 30.0. The van der Waals surface area contributed by atoms with Crippen LogP contribution >= 0.6 is 0 Å². The van der Waals surface area contributed by atoms with Gasteiger partial charge in [-0.25, -0.2) is 0 Å². The minimum absolute atomic E-state index is 0.0811. The first-order valence-electron chi connectivity index (χ1n) is 6.41. The molecule has 8 heteroatoms. The van der Waals surface area contributed by atoms with Gasteiger partial charge in [-0.15, -0.1) is 0 Å². The van der Waals surface area contributed by atoms with Crippen LogP contribution in [0.2, 0.25) is 0 Å². The first-order chi connectivity index (χ1) is 10.1. The van der Waals surface area contributed by atoms with Gasteiger partial charge in [0.15, 0.2) is 6.10 Å². The lowest BCUT2D eigenvalue weighted by Crippen LogP contribution is -2.38. The van der Waals surface area contributed by atoms with Gasteiger partial charge in [0.1, 0.15) is 12.2 Å². The molecular formula is C13H24O8. The maximum absolute atomic E-state index is 11.9. The average Bonchev–Trinajstić information content (AvgIpc) is 2.45. The van der Waals surface area contributed by atoms with Crippen LogP contribution in [0, 0.1) is 0 Å². The molecule has 0 bridgehead atoms. The number of hydrogen-bond donors (Lipinski definition) is 0. The zero-order valence-corrected chi connectivity index (χ0v) is 12.9. The summed E-state index contributed by atoms with van der Waals surface area (Å²) in [5.74, 6) is -0.503. The van der Waals surface area contributed by atoms with E-state index in [1.165, 1.54) is 28.4 Å². The zero-order chi connectivity index (χ0) is 16.1. The van der Waals surface area contributed by atoms with Gasteiger partial charge in [-0.1, -0.05) is 0 Å². The molecule has 0 saturated heterocycles. The number of carbonyl (C=O) groups excluding carboxylic acids is 2. The van der Waals surface area contributed by atoms with Gasteiger partial charge in [-0.3, -0.25) is 9.59 Å². The Morgan fingerprint density at radius 2 is 1.52 bits per heavy atom. The lowest BCUT2D eigenvalue weighted by molar-refractivity contribution is -0.164. The number of methoxy groups -OCH3 is 4. The SMILES string of the molecule is COCC(COC)OC(=O)CC(OC)C(COC)OC=O. The van der Waals surface area contributed by atoms with Crippen molar-refractivity contribution in [2.75, 3.05) is 48.3 Å². The van der Waals surface area contributed by atoms with Crippen molar-refractivity contribution in [3.05, 3.63) is 0 Å². The van der Waals surface area contributed by atoms with E-state index in [-0.39, 0.29) is 26.2 Å². The van der Waals surface area contributed by atoms with E-state index in [9.17, 15) is 9.59 Å². The minimum atomic E-state index is -0.687. The molecule has 0 aromatic rings. The lowest BCUT2D eigenvalue weighted by Gasteiger charge is -2.24. The van der Waals surface area contributed by atoms with Gasteiger partial charge in [0.2, 0.25) is 0 Å². The van der Waals surface area contributed by atoms with Gasteiger partial charge in [-0.05, 0) is 0 Å². The second-order valence-corrected chi connectivity index (χ2v) is 4.23. The normalized spacial score (nSPS) is 13.8. The van der Waals surface area contributed by atoms with E-state index in [0.717, 1.165) is 0 Å².